The number of carbonyl (C=O) groups is 1. The van der Waals surface area contributed by atoms with Gasteiger partial charge in [0.25, 0.3) is 5.56 Å². The fourth-order valence-electron chi connectivity index (χ4n) is 2.54. The molecule has 2 aromatic heterocycles. The van der Waals surface area contributed by atoms with Crippen molar-refractivity contribution in [2.45, 2.75) is 20.1 Å². The number of benzene rings is 1. The third-order valence-corrected chi connectivity index (χ3v) is 3.83. The normalized spacial score (nSPS) is 10.9. The highest BCUT2D eigenvalue weighted by atomic mass is 19.3. The van der Waals surface area contributed by atoms with Gasteiger partial charge in [0, 0.05) is 12.3 Å². The molecule has 0 amide bonds. The maximum atomic E-state index is 12.4. The zero-order chi connectivity index (χ0) is 20.3. The summed E-state index contributed by atoms with van der Waals surface area (Å²) < 4.78 is 40.6. The number of hydrogen-bond donors (Lipinski definition) is 0. The first kappa shape index (κ1) is 19.3. The van der Waals surface area contributed by atoms with Crippen LogP contribution in [0, 0.1) is 6.92 Å². The van der Waals surface area contributed by atoms with Crippen molar-refractivity contribution in [2.75, 3.05) is 7.11 Å². The van der Waals surface area contributed by atoms with Crippen LogP contribution in [0.4, 0.5) is 8.78 Å². The van der Waals surface area contributed by atoms with Crippen molar-refractivity contribution in [3.05, 3.63) is 69.8 Å². The summed E-state index contributed by atoms with van der Waals surface area (Å²) in [4.78, 5) is 28.7. The standard InChI is InChI=1S/C19H16F2N2O5/c1-11-3-6-16-22-13(8-17(24)23(16)9-11)10-27-18(25)12-4-5-14(28-19(20)21)15(7-12)26-2/h3-9,19H,10H2,1-2H3. The molecule has 0 fully saturated rings. The largest absolute Gasteiger partial charge is 0.493 e. The molecule has 0 saturated heterocycles. The van der Waals surface area contributed by atoms with Gasteiger partial charge in [-0.1, -0.05) is 6.07 Å². The number of fused-ring (bicyclic) bond motifs is 1. The molecule has 9 heteroatoms. The third kappa shape index (κ3) is 4.25. The van der Waals surface area contributed by atoms with Crippen LogP contribution >= 0.6 is 0 Å². The van der Waals surface area contributed by atoms with Gasteiger partial charge in [0.2, 0.25) is 0 Å². The molecule has 2 heterocycles. The molecule has 7 nitrogen and oxygen atoms in total. The number of carbonyl (C=O) groups excluding carboxylic acids is 1. The Morgan fingerprint density at radius 3 is 2.68 bits per heavy atom. The van der Waals surface area contributed by atoms with E-state index in [1.165, 1.54) is 35.8 Å². The number of rotatable bonds is 6. The summed E-state index contributed by atoms with van der Waals surface area (Å²) in [5.74, 6) is -0.964. The Labute approximate surface area is 158 Å². The van der Waals surface area contributed by atoms with Crippen LogP contribution in [0.15, 0.2) is 47.4 Å². The van der Waals surface area contributed by atoms with Gasteiger partial charge >= 0.3 is 12.6 Å². The van der Waals surface area contributed by atoms with E-state index in [-0.39, 0.29) is 34.9 Å². The molecule has 0 unspecified atom stereocenters. The molecule has 0 atom stereocenters. The number of halogens is 2. The number of hydrogen-bond acceptors (Lipinski definition) is 6. The van der Waals surface area contributed by atoms with Crippen LogP contribution in [-0.4, -0.2) is 29.1 Å². The zero-order valence-electron chi connectivity index (χ0n) is 15.0. The quantitative estimate of drug-likeness (QED) is 0.602. The Balaban J connectivity index is 1.76. The van der Waals surface area contributed by atoms with Crippen LogP contribution in [0.3, 0.4) is 0 Å². The SMILES string of the molecule is COc1cc(C(=O)OCc2cc(=O)n3cc(C)ccc3n2)ccc1OC(F)F. The summed E-state index contributed by atoms with van der Waals surface area (Å²) in [5, 5.41) is 0. The van der Waals surface area contributed by atoms with Crippen molar-refractivity contribution < 1.29 is 27.8 Å². The number of aromatic nitrogens is 2. The lowest BCUT2D eigenvalue weighted by Gasteiger charge is -2.11. The summed E-state index contributed by atoms with van der Waals surface area (Å²) in [5.41, 5.74) is 1.40. The van der Waals surface area contributed by atoms with Crippen molar-refractivity contribution in [1.29, 1.82) is 0 Å². The van der Waals surface area contributed by atoms with Gasteiger partial charge in [0.05, 0.1) is 18.4 Å². The monoisotopic (exact) mass is 390 g/mol. The van der Waals surface area contributed by atoms with Crippen LogP contribution in [0.2, 0.25) is 0 Å². The van der Waals surface area contributed by atoms with Gasteiger partial charge in [-0.3, -0.25) is 9.20 Å². The molecule has 0 aliphatic carbocycles. The maximum absolute atomic E-state index is 12.4. The van der Waals surface area contributed by atoms with Gasteiger partial charge in [-0.2, -0.15) is 8.78 Å². The number of methoxy groups -OCH3 is 1. The molecule has 3 aromatic rings. The van der Waals surface area contributed by atoms with Gasteiger partial charge in [-0.15, -0.1) is 0 Å². The first-order valence-electron chi connectivity index (χ1n) is 8.16. The lowest BCUT2D eigenvalue weighted by molar-refractivity contribution is -0.0512. The van der Waals surface area contributed by atoms with E-state index >= 15 is 0 Å². The van der Waals surface area contributed by atoms with Crippen LogP contribution in [0.25, 0.3) is 5.65 Å². The van der Waals surface area contributed by atoms with Crippen molar-refractivity contribution in [3.8, 4) is 11.5 Å². The smallest absolute Gasteiger partial charge is 0.387 e. The van der Waals surface area contributed by atoms with E-state index in [0.29, 0.717) is 5.65 Å². The molecule has 0 aliphatic rings. The molecule has 0 spiro atoms. The van der Waals surface area contributed by atoms with Gasteiger partial charge in [-0.25, -0.2) is 9.78 Å². The number of aryl methyl sites for hydroxylation is 1. The molecule has 28 heavy (non-hydrogen) atoms. The second kappa shape index (κ2) is 8.03. The average Bonchev–Trinajstić information content (AvgIpc) is 2.66. The summed E-state index contributed by atoms with van der Waals surface area (Å²) in [6.07, 6.45) is 1.66. The molecule has 146 valence electrons. The average molecular weight is 390 g/mol. The van der Waals surface area contributed by atoms with E-state index in [1.807, 2.05) is 13.0 Å². The molecule has 0 N–H and O–H groups in total. The fourth-order valence-corrected chi connectivity index (χ4v) is 2.54. The second-order valence-electron chi connectivity index (χ2n) is 5.84. The highest BCUT2D eigenvalue weighted by Gasteiger charge is 2.15. The fraction of sp³-hybridized carbons (Fsp3) is 0.211. The van der Waals surface area contributed by atoms with Crippen molar-refractivity contribution in [3.63, 3.8) is 0 Å². The van der Waals surface area contributed by atoms with Gasteiger partial charge in [0.15, 0.2) is 11.5 Å². The van der Waals surface area contributed by atoms with E-state index in [0.717, 1.165) is 5.56 Å². The Bertz CT molecular complexity index is 1080. The Morgan fingerprint density at radius 1 is 1.18 bits per heavy atom. The number of nitrogens with zero attached hydrogens (tertiary/aromatic N) is 2. The Morgan fingerprint density at radius 2 is 1.96 bits per heavy atom. The van der Waals surface area contributed by atoms with E-state index < -0.39 is 12.6 Å². The topological polar surface area (TPSA) is 79.1 Å². The van der Waals surface area contributed by atoms with Gasteiger partial charge in [-0.05, 0) is 36.8 Å². The second-order valence-corrected chi connectivity index (χ2v) is 5.84. The van der Waals surface area contributed by atoms with E-state index in [4.69, 9.17) is 9.47 Å². The number of esters is 1. The predicted molar refractivity (Wildman–Crippen MR) is 94.9 cm³/mol. The summed E-state index contributed by atoms with van der Waals surface area (Å²) in [7, 11) is 1.26. The molecule has 3 rings (SSSR count). The molecular formula is C19H16F2N2O5. The van der Waals surface area contributed by atoms with E-state index in [2.05, 4.69) is 9.72 Å². The van der Waals surface area contributed by atoms with Crippen LogP contribution in [-0.2, 0) is 11.3 Å². The minimum absolute atomic E-state index is 0.0350. The van der Waals surface area contributed by atoms with Gasteiger partial charge in [0.1, 0.15) is 12.3 Å². The predicted octanol–water partition coefficient (Wildman–Crippen LogP) is 2.97. The third-order valence-electron chi connectivity index (χ3n) is 3.83. The lowest BCUT2D eigenvalue weighted by atomic mass is 10.2. The Hall–Kier alpha value is -3.49. The van der Waals surface area contributed by atoms with Crippen LogP contribution in [0.1, 0.15) is 21.6 Å². The highest BCUT2D eigenvalue weighted by Crippen LogP contribution is 2.29. The number of alkyl halides is 2. The number of ether oxygens (including phenoxy) is 3. The zero-order valence-corrected chi connectivity index (χ0v) is 15.0. The first-order chi connectivity index (χ1) is 13.4. The molecule has 0 radical (unpaired) electrons. The molecule has 1 aromatic carbocycles. The minimum Gasteiger partial charge on any atom is -0.493 e. The summed E-state index contributed by atoms with van der Waals surface area (Å²) >= 11 is 0. The lowest BCUT2D eigenvalue weighted by Crippen LogP contribution is -2.17. The molecule has 0 saturated carbocycles. The first-order valence-corrected chi connectivity index (χ1v) is 8.16. The van der Waals surface area contributed by atoms with E-state index in [9.17, 15) is 18.4 Å². The molecular weight excluding hydrogens is 374 g/mol. The minimum atomic E-state index is -3.02. The van der Waals surface area contributed by atoms with Crippen molar-refractivity contribution in [1.82, 2.24) is 9.38 Å². The Kier molecular flexibility index (Phi) is 5.53. The van der Waals surface area contributed by atoms with Gasteiger partial charge < -0.3 is 14.2 Å². The highest BCUT2D eigenvalue weighted by molar-refractivity contribution is 5.90. The maximum Gasteiger partial charge on any atom is 0.387 e. The van der Waals surface area contributed by atoms with Crippen LogP contribution in [0.5, 0.6) is 11.5 Å². The molecule has 0 bridgehead atoms. The van der Waals surface area contributed by atoms with Crippen molar-refractivity contribution >= 4 is 11.6 Å². The van der Waals surface area contributed by atoms with Crippen LogP contribution < -0.4 is 15.0 Å². The number of pyridine rings is 1. The summed E-state index contributed by atoms with van der Waals surface area (Å²) in [6.45, 7) is -1.39. The molecule has 0 aliphatic heterocycles. The van der Waals surface area contributed by atoms with Crippen molar-refractivity contribution in [2.24, 2.45) is 0 Å². The van der Waals surface area contributed by atoms with E-state index in [1.54, 1.807) is 12.3 Å². The summed E-state index contributed by atoms with van der Waals surface area (Å²) in [6, 6.07) is 8.46.